The number of pyridine rings is 1. The van der Waals surface area contributed by atoms with Gasteiger partial charge in [-0.25, -0.2) is 0 Å². The van der Waals surface area contributed by atoms with Crippen molar-refractivity contribution in [1.82, 2.24) is 9.88 Å². The van der Waals surface area contributed by atoms with Gasteiger partial charge < -0.3 is 4.90 Å². The number of hydrogen-bond acceptors (Lipinski definition) is 3. The van der Waals surface area contributed by atoms with Gasteiger partial charge in [0.05, 0.1) is 6.07 Å². The highest BCUT2D eigenvalue weighted by atomic mass is 16.2. The number of hydrogen-bond donors (Lipinski definition) is 0. The van der Waals surface area contributed by atoms with Gasteiger partial charge in [-0.3, -0.25) is 9.78 Å². The van der Waals surface area contributed by atoms with Gasteiger partial charge in [-0.15, -0.1) is 0 Å². The monoisotopic (exact) mass is 245 g/mol. The molecule has 0 N–H and O–H groups in total. The molecular formula is C14H19N3O. The summed E-state index contributed by atoms with van der Waals surface area (Å²) in [7, 11) is 1.75. The molecule has 1 unspecified atom stereocenters. The lowest BCUT2D eigenvalue weighted by atomic mass is 9.96. The summed E-state index contributed by atoms with van der Waals surface area (Å²) in [6, 6.07) is 5.95. The minimum atomic E-state index is -0.549. The molecule has 1 heterocycles. The second-order valence-electron chi connectivity index (χ2n) is 4.72. The molecule has 18 heavy (non-hydrogen) atoms. The number of rotatable bonds is 5. The molecule has 0 aliphatic rings. The first-order valence-electron chi connectivity index (χ1n) is 6.09. The number of carbonyl (C=O) groups excluding carboxylic acids is 1. The van der Waals surface area contributed by atoms with Crippen molar-refractivity contribution >= 4 is 5.91 Å². The fourth-order valence-corrected chi connectivity index (χ4v) is 1.68. The number of carbonyl (C=O) groups is 1. The normalized spacial score (nSPS) is 11.9. The first kappa shape index (κ1) is 14.2. The molecule has 4 heteroatoms. The Morgan fingerprint density at radius 2 is 2.06 bits per heavy atom. The molecule has 4 nitrogen and oxygen atoms in total. The molecule has 0 spiro atoms. The Balaban J connectivity index is 2.53. The molecule has 0 saturated carbocycles. The van der Waals surface area contributed by atoms with Crippen molar-refractivity contribution in [3.8, 4) is 6.07 Å². The van der Waals surface area contributed by atoms with Crippen LogP contribution in [-0.2, 0) is 11.2 Å². The molecule has 1 aromatic rings. The Hall–Kier alpha value is -1.89. The SMILES string of the molecule is CC(C)C(C#N)C(=O)N(C)CCc1ccncc1. The van der Waals surface area contributed by atoms with E-state index in [9.17, 15) is 4.79 Å². The van der Waals surface area contributed by atoms with Crippen LogP contribution >= 0.6 is 0 Å². The van der Waals surface area contributed by atoms with E-state index < -0.39 is 5.92 Å². The van der Waals surface area contributed by atoms with Crippen LogP contribution in [0.15, 0.2) is 24.5 Å². The molecule has 0 bridgehead atoms. The predicted molar refractivity (Wildman–Crippen MR) is 69.5 cm³/mol. The first-order valence-corrected chi connectivity index (χ1v) is 6.09. The lowest BCUT2D eigenvalue weighted by Crippen LogP contribution is -2.36. The largest absolute Gasteiger partial charge is 0.344 e. The van der Waals surface area contributed by atoms with Gasteiger partial charge in [-0.2, -0.15) is 5.26 Å². The summed E-state index contributed by atoms with van der Waals surface area (Å²) in [5, 5.41) is 9.00. The Labute approximate surface area is 108 Å². The molecule has 0 aliphatic carbocycles. The van der Waals surface area contributed by atoms with E-state index in [1.165, 1.54) is 0 Å². The van der Waals surface area contributed by atoms with E-state index in [1.807, 2.05) is 26.0 Å². The molecule has 0 fully saturated rings. The maximum absolute atomic E-state index is 12.0. The van der Waals surface area contributed by atoms with Crippen molar-refractivity contribution < 1.29 is 4.79 Å². The lowest BCUT2D eigenvalue weighted by Gasteiger charge is -2.21. The number of amides is 1. The molecule has 0 saturated heterocycles. The number of nitriles is 1. The van der Waals surface area contributed by atoms with E-state index in [2.05, 4.69) is 11.1 Å². The minimum Gasteiger partial charge on any atom is -0.344 e. The third-order valence-electron chi connectivity index (χ3n) is 2.93. The van der Waals surface area contributed by atoms with E-state index in [0.29, 0.717) is 6.54 Å². The van der Waals surface area contributed by atoms with E-state index in [4.69, 9.17) is 5.26 Å². The highest BCUT2D eigenvalue weighted by Gasteiger charge is 2.24. The van der Waals surface area contributed by atoms with Gasteiger partial charge in [0.15, 0.2) is 0 Å². The molecule has 1 aromatic heterocycles. The smallest absolute Gasteiger partial charge is 0.239 e. The van der Waals surface area contributed by atoms with Crippen molar-refractivity contribution in [2.24, 2.45) is 11.8 Å². The molecule has 0 radical (unpaired) electrons. The topological polar surface area (TPSA) is 57.0 Å². The maximum Gasteiger partial charge on any atom is 0.239 e. The average Bonchev–Trinajstić information content (AvgIpc) is 2.37. The fraction of sp³-hybridized carbons (Fsp3) is 0.500. The van der Waals surface area contributed by atoms with Crippen molar-refractivity contribution in [1.29, 1.82) is 5.26 Å². The first-order chi connectivity index (χ1) is 8.56. The molecule has 1 amide bonds. The summed E-state index contributed by atoms with van der Waals surface area (Å²) in [5.74, 6) is -0.597. The lowest BCUT2D eigenvalue weighted by molar-refractivity contribution is -0.133. The van der Waals surface area contributed by atoms with Gasteiger partial charge in [0.1, 0.15) is 5.92 Å². The Morgan fingerprint density at radius 3 is 2.56 bits per heavy atom. The fourth-order valence-electron chi connectivity index (χ4n) is 1.68. The van der Waals surface area contributed by atoms with Crippen molar-refractivity contribution in [2.45, 2.75) is 20.3 Å². The van der Waals surface area contributed by atoms with E-state index in [1.54, 1.807) is 24.3 Å². The van der Waals surface area contributed by atoms with Crippen LogP contribution < -0.4 is 0 Å². The zero-order valence-corrected chi connectivity index (χ0v) is 11.1. The third kappa shape index (κ3) is 3.85. The Morgan fingerprint density at radius 1 is 1.44 bits per heavy atom. The standard InChI is InChI=1S/C14H19N3O/c1-11(2)13(10-15)14(18)17(3)9-6-12-4-7-16-8-5-12/h4-5,7-8,11,13H,6,9H2,1-3H3. The van der Waals surface area contributed by atoms with Gasteiger partial charge in [0.25, 0.3) is 0 Å². The van der Waals surface area contributed by atoms with Gasteiger partial charge in [0.2, 0.25) is 5.91 Å². The maximum atomic E-state index is 12.0. The summed E-state index contributed by atoms with van der Waals surface area (Å²) in [5.41, 5.74) is 1.14. The van der Waals surface area contributed by atoms with Crippen LogP contribution in [0.2, 0.25) is 0 Å². The summed E-state index contributed by atoms with van der Waals surface area (Å²) in [6.07, 6.45) is 4.26. The molecule has 1 rings (SSSR count). The number of aromatic nitrogens is 1. The minimum absolute atomic E-state index is 0.0471. The molecular weight excluding hydrogens is 226 g/mol. The molecule has 1 atom stereocenters. The van der Waals surface area contributed by atoms with Crippen LogP contribution in [0.25, 0.3) is 0 Å². The van der Waals surface area contributed by atoms with Crippen LogP contribution in [0.1, 0.15) is 19.4 Å². The summed E-state index contributed by atoms with van der Waals surface area (Å²) in [6.45, 7) is 4.40. The van der Waals surface area contributed by atoms with Gasteiger partial charge in [0, 0.05) is 26.0 Å². The van der Waals surface area contributed by atoms with Crippen molar-refractivity contribution in [2.75, 3.05) is 13.6 Å². The summed E-state index contributed by atoms with van der Waals surface area (Å²) >= 11 is 0. The van der Waals surface area contributed by atoms with Crippen LogP contribution in [0.5, 0.6) is 0 Å². The zero-order chi connectivity index (χ0) is 13.5. The van der Waals surface area contributed by atoms with Crippen LogP contribution in [-0.4, -0.2) is 29.4 Å². The van der Waals surface area contributed by atoms with Gasteiger partial charge in [-0.1, -0.05) is 13.8 Å². The Kier molecular flexibility index (Phi) is 5.31. The molecule has 96 valence electrons. The van der Waals surface area contributed by atoms with Crippen LogP contribution in [0, 0.1) is 23.2 Å². The van der Waals surface area contributed by atoms with Gasteiger partial charge >= 0.3 is 0 Å². The van der Waals surface area contributed by atoms with Crippen LogP contribution in [0.4, 0.5) is 0 Å². The molecule has 0 aliphatic heterocycles. The van der Waals surface area contributed by atoms with E-state index in [0.717, 1.165) is 12.0 Å². The summed E-state index contributed by atoms with van der Waals surface area (Å²) in [4.78, 5) is 17.6. The Bertz CT molecular complexity index is 422. The predicted octanol–water partition coefficient (Wildman–Crippen LogP) is 1.88. The van der Waals surface area contributed by atoms with Crippen LogP contribution in [0.3, 0.4) is 0 Å². The number of nitrogens with zero attached hydrogens (tertiary/aromatic N) is 3. The third-order valence-corrected chi connectivity index (χ3v) is 2.93. The van der Waals surface area contributed by atoms with Gasteiger partial charge in [-0.05, 0) is 30.0 Å². The average molecular weight is 245 g/mol. The summed E-state index contributed by atoms with van der Waals surface area (Å²) < 4.78 is 0. The quantitative estimate of drug-likeness (QED) is 0.795. The van der Waals surface area contributed by atoms with E-state index in [-0.39, 0.29) is 11.8 Å². The highest BCUT2D eigenvalue weighted by molar-refractivity contribution is 5.81. The number of likely N-dealkylation sites (N-methyl/N-ethyl adjacent to an activating group) is 1. The highest BCUT2D eigenvalue weighted by Crippen LogP contribution is 2.13. The second-order valence-corrected chi connectivity index (χ2v) is 4.72. The zero-order valence-electron chi connectivity index (χ0n) is 11.1. The second kappa shape index (κ2) is 6.75. The van der Waals surface area contributed by atoms with Crippen molar-refractivity contribution in [3.05, 3.63) is 30.1 Å². The molecule has 0 aromatic carbocycles. The van der Waals surface area contributed by atoms with Crippen molar-refractivity contribution in [3.63, 3.8) is 0 Å². The van der Waals surface area contributed by atoms with E-state index >= 15 is 0 Å².